The third-order valence-corrected chi connectivity index (χ3v) is 2.05. The Morgan fingerprint density at radius 3 is 2.00 bits per heavy atom. The van der Waals surface area contributed by atoms with Crippen LogP contribution in [0.2, 0.25) is 0 Å². The van der Waals surface area contributed by atoms with E-state index in [0.29, 0.717) is 0 Å². The standard InChI is InChI=1S/C11H20FNO4/c1-7(2)8(9(14)17-12)13(6)10(15)16-11(3,4)5/h7-8H,1-6H3/t8-/m1/s1. The summed E-state index contributed by atoms with van der Waals surface area (Å²) in [7, 11) is 1.37. The second kappa shape index (κ2) is 5.84. The molecule has 0 heterocycles. The number of hydrogen-bond acceptors (Lipinski definition) is 4. The van der Waals surface area contributed by atoms with Crippen LogP contribution in [0.15, 0.2) is 0 Å². The van der Waals surface area contributed by atoms with E-state index in [1.807, 2.05) is 0 Å². The Bertz CT molecular complexity index is 286. The van der Waals surface area contributed by atoms with Gasteiger partial charge in [-0.1, -0.05) is 13.8 Å². The van der Waals surface area contributed by atoms with Gasteiger partial charge in [0.2, 0.25) is 0 Å². The second-order valence-electron chi connectivity index (χ2n) is 5.18. The van der Waals surface area contributed by atoms with Gasteiger partial charge in [-0.2, -0.15) is 0 Å². The summed E-state index contributed by atoms with van der Waals surface area (Å²) in [4.78, 5) is 27.1. The zero-order valence-electron chi connectivity index (χ0n) is 11.1. The minimum atomic E-state index is -1.10. The predicted octanol–water partition coefficient (Wildman–Crippen LogP) is 2.31. The number of carbonyl (C=O) groups is 2. The third-order valence-electron chi connectivity index (χ3n) is 2.05. The second-order valence-corrected chi connectivity index (χ2v) is 5.18. The monoisotopic (exact) mass is 249 g/mol. The van der Waals surface area contributed by atoms with E-state index in [1.165, 1.54) is 7.05 Å². The lowest BCUT2D eigenvalue weighted by atomic mass is 10.0. The van der Waals surface area contributed by atoms with E-state index in [4.69, 9.17) is 4.74 Å². The Hall–Kier alpha value is -1.33. The highest BCUT2D eigenvalue weighted by molar-refractivity contribution is 5.81. The molecule has 17 heavy (non-hydrogen) atoms. The Morgan fingerprint density at radius 2 is 1.71 bits per heavy atom. The van der Waals surface area contributed by atoms with Gasteiger partial charge in [0.25, 0.3) is 0 Å². The van der Waals surface area contributed by atoms with Crippen molar-refractivity contribution in [3.05, 3.63) is 0 Å². The first-order valence-electron chi connectivity index (χ1n) is 5.38. The molecular weight excluding hydrogens is 229 g/mol. The minimum absolute atomic E-state index is 0.282. The lowest BCUT2D eigenvalue weighted by Crippen LogP contribution is -2.47. The summed E-state index contributed by atoms with van der Waals surface area (Å²) in [5.41, 5.74) is -0.674. The first-order chi connectivity index (χ1) is 7.60. The van der Waals surface area contributed by atoms with Gasteiger partial charge in [-0.15, -0.1) is 0 Å². The van der Waals surface area contributed by atoms with Crippen LogP contribution in [0.4, 0.5) is 9.32 Å². The number of likely N-dealkylation sites (N-methyl/N-ethyl adjacent to an activating group) is 1. The van der Waals surface area contributed by atoms with E-state index in [0.717, 1.165) is 4.90 Å². The molecule has 5 nitrogen and oxygen atoms in total. The quantitative estimate of drug-likeness (QED) is 0.770. The van der Waals surface area contributed by atoms with Crippen LogP contribution in [0.3, 0.4) is 0 Å². The molecule has 0 aliphatic heterocycles. The fourth-order valence-electron chi connectivity index (χ4n) is 1.37. The lowest BCUT2D eigenvalue weighted by Gasteiger charge is -2.30. The van der Waals surface area contributed by atoms with Crippen molar-refractivity contribution in [2.24, 2.45) is 5.92 Å². The van der Waals surface area contributed by atoms with Gasteiger partial charge >= 0.3 is 12.1 Å². The number of rotatable bonds is 3. The normalized spacial score (nSPS) is 13.2. The van der Waals surface area contributed by atoms with Crippen molar-refractivity contribution in [3.63, 3.8) is 0 Å². The van der Waals surface area contributed by atoms with Crippen molar-refractivity contribution < 1.29 is 23.8 Å². The van der Waals surface area contributed by atoms with E-state index in [-0.39, 0.29) is 5.92 Å². The molecule has 0 aromatic heterocycles. The molecule has 1 atom stereocenters. The van der Waals surface area contributed by atoms with Crippen molar-refractivity contribution >= 4 is 12.1 Å². The molecule has 0 N–H and O–H groups in total. The average Bonchev–Trinajstić information content (AvgIpc) is 2.14. The zero-order valence-corrected chi connectivity index (χ0v) is 11.1. The van der Waals surface area contributed by atoms with Crippen molar-refractivity contribution in [3.8, 4) is 0 Å². The van der Waals surface area contributed by atoms with Gasteiger partial charge in [0.05, 0.1) is 0 Å². The van der Waals surface area contributed by atoms with Crippen molar-refractivity contribution in [1.82, 2.24) is 4.90 Å². The van der Waals surface area contributed by atoms with Gasteiger partial charge in [0.15, 0.2) is 0 Å². The minimum Gasteiger partial charge on any atom is -0.444 e. The molecule has 0 fully saturated rings. The Labute approximate surface area is 101 Å². The molecule has 6 heteroatoms. The molecule has 0 spiro atoms. The van der Waals surface area contributed by atoms with E-state index >= 15 is 0 Å². The molecule has 100 valence electrons. The molecule has 1 amide bonds. The molecule has 0 bridgehead atoms. The molecule has 0 radical (unpaired) electrons. The van der Waals surface area contributed by atoms with Crippen LogP contribution in [0.5, 0.6) is 0 Å². The molecule has 0 saturated heterocycles. The van der Waals surface area contributed by atoms with Crippen LogP contribution in [0.1, 0.15) is 34.6 Å². The average molecular weight is 249 g/mol. The fraction of sp³-hybridized carbons (Fsp3) is 0.818. The maximum absolute atomic E-state index is 11.9. The number of halogens is 1. The highest BCUT2D eigenvalue weighted by atomic mass is 19.3. The van der Waals surface area contributed by atoms with Crippen molar-refractivity contribution in [2.45, 2.75) is 46.3 Å². The third kappa shape index (κ3) is 5.01. The van der Waals surface area contributed by atoms with E-state index in [9.17, 15) is 14.1 Å². The summed E-state index contributed by atoms with van der Waals surface area (Å²) < 4.78 is 17.0. The molecule has 0 saturated carbocycles. The van der Waals surface area contributed by atoms with Gasteiger partial charge in [-0.05, 0) is 26.7 Å². The summed E-state index contributed by atoms with van der Waals surface area (Å²) in [6.07, 6.45) is -0.693. The van der Waals surface area contributed by atoms with E-state index in [2.05, 4.69) is 4.94 Å². The van der Waals surface area contributed by atoms with Crippen LogP contribution >= 0.6 is 0 Å². The number of nitrogens with zero attached hydrogens (tertiary/aromatic N) is 1. The van der Waals surface area contributed by atoms with Crippen molar-refractivity contribution in [2.75, 3.05) is 7.05 Å². The van der Waals surface area contributed by atoms with E-state index in [1.54, 1.807) is 34.6 Å². The van der Waals surface area contributed by atoms with Crippen LogP contribution in [0.25, 0.3) is 0 Å². The Morgan fingerprint density at radius 1 is 1.24 bits per heavy atom. The molecule has 0 aromatic carbocycles. The molecule has 0 unspecified atom stereocenters. The largest absolute Gasteiger partial charge is 0.444 e. The van der Waals surface area contributed by atoms with Crippen LogP contribution < -0.4 is 0 Å². The molecule has 0 aliphatic carbocycles. The topological polar surface area (TPSA) is 55.8 Å². The highest BCUT2D eigenvalue weighted by Crippen LogP contribution is 2.16. The Kier molecular flexibility index (Phi) is 5.38. The predicted molar refractivity (Wildman–Crippen MR) is 59.8 cm³/mol. The van der Waals surface area contributed by atoms with Crippen LogP contribution in [-0.2, 0) is 14.5 Å². The molecule has 0 aromatic rings. The smallest absolute Gasteiger partial charge is 0.410 e. The maximum atomic E-state index is 11.9. The van der Waals surface area contributed by atoms with Gasteiger partial charge < -0.3 is 4.74 Å². The Balaban J connectivity index is 4.79. The van der Waals surface area contributed by atoms with Gasteiger partial charge in [0.1, 0.15) is 11.6 Å². The highest BCUT2D eigenvalue weighted by Gasteiger charge is 2.34. The molecular formula is C11H20FNO4. The number of amides is 1. The maximum Gasteiger partial charge on any atom is 0.410 e. The van der Waals surface area contributed by atoms with Crippen molar-refractivity contribution in [1.29, 1.82) is 0 Å². The zero-order chi connectivity index (χ0) is 13.8. The fourth-order valence-corrected chi connectivity index (χ4v) is 1.37. The summed E-state index contributed by atoms with van der Waals surface area (Å²) in [5.74, 6) is -1.39. The lowest BCUT2D eigenvalue weighted by molar-refractivity contribution is -0.191. The van der Waals surface area contributed by atoms with Gasteiger partial charge in [-0.3, -0.25) is 9.84 Å². The SMILES string of the molecule is CC(C)[C@H](C(=O)OF)N(C)C(=O)OC(C)(C)C. The summed E-state index contributed by atoms with van der Waals surface area (Å²) in [6.45, 7) is 8.48. The number of carbonyl (C=O) groups excluding carboxylic acids is 2. The number of ether oxygens (including phenoxy) is 1. The first-order valence-corrected chi connectivity index (χ1v) is 5.38. The first kappa shape index (κ1) is 15.7. The van der Waals surface area contributed by atoms with Crippen LogP contribution in [-0.4, -0.2) is 35.7 Å². The molecule has 0 rings (SSSR count). The summed E-state index contributed by atoms with van der Waals surface area (Å²) in [6, 6.07) is -1.00. The van der Waals surface area contributed by atoms with Gasteiger partial charge in [0, 0.05) is 11.6 Å². The van der Waals surface area contributed by atoms with E-state index < -0.39 is 23.7 Å². The summed E-state index contributed by atoms with van der Waals surface area (Å²) >= 11 is 0. The molecule has 0 aliphatic rings. The van der Waals surface area contributed by atoms with Crippen LogP contribution in [0, 0.1) is 5.92 Å². The summed E-state index contributed by atoms with van der Waals surface area (Å²) in [5, 5.41) is 0. The van der Waals surface area contributed by atoms with Gasteiger partial charge in [-0.25, -0.2) is 9.59 Å². The number of hydrogen-bond donors (Lipinski definition) is 0.